The van der Waals surface area contributed by atoms with E-state index in [1.807, 2.05) is 12.1 Å². The maximum atomic E-state index is 5.22. The lowest BCUT2D eigenvalue weighted by atomic mass is 10.2. The molecule has 0 amide bonds. The first-order valence-corrected chi connectivity index (χ1v) is 5.62. The molecule has 1 aromatic heterocycles. The molecule has 1 atom stereocenters. The molecule has 0 radical (unpaired) electrons. The molecule has 0 spiro atoms. The Morgan fingerprint density at radius 3 is 3.00 bits per heavy atom. The van der Waals surface area contributed by atoms with E-state index >= 15 is 0 Å². The normalized spacial score (nSPS) is 13.3. The SMILES string of the molecule is CCC(Cc1ccco1)SS. The van der Waals surface area contributed by atoms with Gasteiger partial charge in [0, 0.05) is 11.7 Å². The first-order chi connectivity index (χ1) is 5.36. The second-order valence-corrected chi connectivity index (χ2v) is 3.93. The molecule has 1 aromatic rings. The van der Waals surface area contributed by atoms with Gasteiger partial charge in [0.05, 0.1) is 6.26 Å². The van der Waals surface area contributed by atoms with E-state index in [1.165, 1.54) is 0 Å². The molecule has 1 heterocycles. The van der Waals surface area contributed by atoms with Crippen LogP contribution < -0.4 is 0 Å². The standard InChI is InChI=1S/C8H12OS2/c1-2-8(11-10)6-7-4-3-5-9-7/h3-5,8,10H,2,6H2,1H3. The first kappa shape index (κ1) is 9.07. The van der Waals surface area contributed by atoms with E-state index in [4.69, 9.17) is 4.42 Å². The quantitative estimate of drug-likeness (QED) is 0.576. The van der Waals surface area contributed by atoms with E-state index in [0.717, 1.165) is 18.6 Å². The highest BCUT2D eigenvalue weighted by Crippen LogP contribution is 2.22. The topological polar surface area (TPSA) is 13.1 Å². The summed E-state index contributed by atoms with van der Waals surface area (Å²) in [6.45, 7) is 2.16. The summed E-state index contributed by atoms with van der Waals surface area (Å²) in [5.41, 5.74) is 0. The van der Waals surface area contributed by atoms with Gasteiger partial charge in [-0.1, -0.05) is 17.7 Å². The molecule has 1 rings (SSSR count). The van der Waals surface area contributed by atoms with Gasteiger partial charge in [-0.3, -0.25) is 0 Å². The van der Waals surface area contributed by atoms with Crippen molar-refractivity contribution < 1.29 is 4.42 Å². The Labute approximate surface area is 76.4 Å². The minimum absolute atomic E-state index is 0.574. The molecule has 0 bridgehead atoms. The van der Waals surface area contributed by atoms with E-state index in [9.17, 15) is 0 Å². The summed E-state index contributed by atoms with van der Waals surface area (Å²) in [6, 6.07) is 3.93. The van der Waals surface area contributed by atoms with Crippen molar-refractivity contribution in [1.29, 1.82) is 0 Å². The molecule has 0 saturated carbocycles. The first-order valence-electron chi connectivity index (χ1n) is 3.69. The second-order valence-electron chi connectivity index (χ2n) is 2.42. The number of thiol groups is 1. The fourth-order valence-electron chi connectivity index (χ4n) is 0.909. The Balaban J connectivity index is 2.41. The van der Waals surface area contributed by atoms with Crippen LogP contribution in [0, 0.1) is 0 Å². The van der Waals surface area contributed by atoms with E-state index < -0.39 is 0 Å². The van der Waals surface area contributed by atoms with Gasteiger partial charge in [-0.05, 0) is 18.6 Å². The fraction of sp³-hybridized carbons (Fsp3) is 0.500. The van der Waals surface area contributed by atoms with E-state index in [0.29, 0.717) is 5.25 Å². The molecule has 0 aliphatic heterocycles. The average molecular weight is 188 g/mol. The van der Waals surface area contributed by atoms with Gasteiger partial charge in [0.2, 0.25) is 0 Å². The largest absolute Gasteiger partial charge is 0.469 e. The van der Waals surface area contributed by atoms with Crippen LogP contribution in [-0.2, 0) is 6.42 Å². The number of rotatable bonds is 4. The summed E-state index contributed by atoms with van der Waals surface area (Å²) in [6.07, 6.45) is 3.83. The van der Waals surface area contributed by atoms with Crippen LogP contribution in [0.2, 0.25) is 0 Å². The van der Waals surface area contributed by atoms with Crippen molar-refractivity contribution in [1.82, 2.24) is 0 Å². The van der Waals surface area contributed by atoms with Crippen LogP contribution >= 0.6 is 22.5 Å². The van der Waals surface area contributed by atoms with Crippen LogP contribution in [0.1, 0.15) is 19.1 Å². The number of hydrogen-bond donors (Lipinski definition) is 1. The zero-order valence-electron chi connectivity index (χ0n) is 6.49. The minimum atomic E-state index is 0.574. The molecule has 0 aromatic carbocycles. The maximum Gasteiger partial charge on any atom is 0.104 e. The molecule has 0 aliphatic carbocycles. The Bertz CT molecular complexity index is 180. The Kier molecular flexibility index (Phi) is 3.94. The maximum absolute atomic E-state index is 5.22. The lowest BCUT2D eigenvalue weighted by Crippen LogP contribution is -2.01. The van der Waals surface area contributed by atoms with Crippen molar-refractivity contribution >= 4 is 22.5 Å². The summed E-state index contributed by atoms with van der Waals surface area (Å²) < 4.78 is 5.22. The van der Waals surface area contributed by atoms with Gasteiger partial charge in [-0.15, -0.1) is 11.7 Å². The van der Waals surface area contributed by atoms with Gasteiger partial charge < -0.3 is 4.42 Å². The highest BCUT2D eigenvalue weighted by molar-refractivity contribution is 8.68. The molecule has 62 valence electrons. The van der Waals surface area contributed by atoms with Crippen molar-refractivity contribution in [2.24, 2.45) is 0 Å². The molecule has 1 unspecified atom stereocenters. The molecule has 3 heteroatoms. The van der Waals surface area contributed by atoms with Crippen molar-refractivity contribution in [3.8, 4) is 0 Å². The Hall–Kier alpha value is -0.0200. The van der Waals surface area contributed by atoms with Crippen molar-refractivity contribution in [2.75, 3.05) is 0 Å². The van der Waals surface area contributed by atoms with Crippen molar-refractivity contribution in [2.45, 2.75) is 25.0 Å². The third kappa shape index (κ3) is 2.83. The van der Waals surface area contributed by atoms with E-state index in [2.05, 4.69) is 18.6 Å². The van der Waals surface area contributed by atoms with Gasteiger partial charge in [-0.25, -0.2) is 0 Å². The van der Waals surface area contributed by atoms with Crippen LogP contribution in [0.15, 0.2) is 22.8 Å². The zero-order chi connectivity index (χ0) is 8.10. The molecule has 1 nitrogen and oxygen atoms in total. The summed E-state index contributed by atoms with van der Waals surface area (Å²) in [4.78, 5) is 0. The molecule has 0 fully saturated rings. The highest BCUT2D eigenvalue weighted by Gasteiger charge is 2.07. The number of furan rings is 1. The Morgan fingerprint density at radius 2 is 2.55 bits per heavy atom. The van der Waals surface area contributed by atoms with Crippen LogP contribution in [0.4, 0.5) is 0 Å². The molecule has 0 saturated heterocycles. The monoisotopic (exact) mass is 188 g/mol. The minimum Gasteiger partial charge on any atom is -0.469 e. The lowest BCUT2D eigenvalue weighted by molar-refractivity contribution is 0.504. The van der Waals surface area contributed by atoms with Gasteiger partial charge in [0.1, 0.15) is 5.76 Å². The third-order valence-corrected chi connectivity index (χ3v) is 3.31. The van der Waals surface area contributed by atoms with Crippen molar-refractivity contribution in [3.63, 3.8) is 0 Å². The third-order valence-electron chi connectivity index (χ3n) is 1.61. The van der Waals surface area contributed by atoms with Gasteiger partial charge in [0.15, 0.2) is 0 Å². The van der Waals surface area contributed by atoms with E-state index in [1.54, 1.807) is 17.1 Å². The van der Waals surface area contributed by atoms with Crippen LogP contribution in [-0.4, -0.2) is 5.25 Å². The molecule has 0 N–H and O–H groups in total. The lowest BCUT2D eigenvalue weighted by Gasteiger charge is -2.07. The molecular formula is C8H12OS2. The zero-order valence-corrected chi connectivity index (χ0v) is 8.20. The fourth-order valence-corrected chi connectivity index (χ4v) is 1.97. The van der Waals surface area contributed by atoms with Crippen LogP contribution in [0.5, 0.6) is 0 Å². The summed E-state index contributed by atoms with van der Waals surface area (Å²) >= 11 is 4.18. The Morgan fingerprint density at radius 1 is 1.73 bits per heavy atom. The second kappa shape index (κ2) is 4.78. The van der Waals surface area contributed by atoms with Crippen LogP contribution in [0.3, 0.4) is 0 Å². The summed E-state index contributed by atoms with van der Waals surface area (Å²) in [5.74, 6) is 1.05. The number of hydrogen-bond acceptors (Lipinski definition) is 3. The van der Waals surface area contributed by atoms with Gasteiger partial charge in [-0.2, -0.15) is 0 Å². The molecule has 11 heavy (non-hydrogen) atoms. The predicted molar refractivity (Wildman–Crippen MR) is 53.1 cm³/mol. The van der Waals surface area contributed by atoms with Crippen molar-refractivity contribution in [3.05, 3.63) is 24.2 Å². The molecular weight excluding hydrogens is 176 g/mol. The predicted octanol–water partition coefficient (Wildman–Crippen LogP) is 3.18. The average Bonchev–Trinajstić information content (AvgIpc) is 2.52. The highest BCUT2D eigenvalue weighted by atomic mass is 33.1. The van der Waals surface area contributed by atoms with Gasteiger partial charge >= 0.3 is 0 Å². The smallest absolute Gasteiger partial charge is 0.104 e. The van der Waals surface area contributed by atoms with Crippen LogP contribution in [0.25, 0.3) is 0 Å². The summed E-state index contributed by atoms with van der Waals surface area (Å²) in [5, 5.41) is 0.574. The van der Waals surface area contributed by atoms with E-state index in [-0.39, 0.29) is 0 Å². The molecule has 0 aliphatic rings. The van der Waals surface area contributed by atoms with Gasteiger partial charge in [0.25, 0.3) is 0 Å². The summed E-state index contributed by atoms with van der Waals surface area (Å²) in [7, 11) is 1.60.